The van der Waals surface area contributed by atoms with Crippen LogP contribution in [-0.4, -0.2) is 66.7 Å². The van der Waals surface area contributed by atoms with Crippen molar-refractivity contribution in [2.75, 3.05) is 55.6 Å². The molecule has 0 amide bonds. The van der Waals surface area contributed by atoms with Gasteiger partial charge in [-0.15, -0.1) is 0 Å². The van der Waals surface area contributed by atoms with Crippen molar-refractivity contribution in [3.63, 3.8) is 0 Å². The predicted molar refractivity (Wildman–Crippen MR) is 144 cm³/mol. The van der Waals surface area contributed by atoms with Gasteiger partial charge in [0.2, 0.25) is 0 Å². The van der Waals surface area contributed by atoms with E-state index < -0.39 is 19.1 Å². The van der Waals surface area contributed by atoms with Crippen LogP contribution < -0.4 is 9.80 Å². The highest BCUT2D eigenvalue weighted by atomic mass is 35.5. The Morgan fingerprint density at radius 1 is 0.974 bits per heavy atom. The number of nitrogens with zero attached hydrogens (tertiary/aromatic N) is 5. The topological polar surface area (TPSA) is 27.5 Å². The van der Waals surface area contributed by atoms with Crippen molar-refractivity contribution in [1.29, 1.82) is 0 Å². The van der Waals surface area contributed by atoms with Crippen LogP contribution in [0.15, 0.2) is 48.7 Å². The number of piperidine rings is 1. The van der Waals surface area contributed by atoms with Gasteiger partial charge in [0.05, 0.1) is 18.8 Å². The number of anilines is 2. The molecule has 0 saturated carbocycles. The first kappa shape index (κ1) is 27.7. The molecule has 2 aromatic carbocycles. The van der Waals surface area contributed by atoms with Crippen molar-refractivity contribution in [3.05, 3.63) is 64.9 Å². The third-order valence-electron chi connectivity index (χ3n) is 7.59. The van der Waals surface area contributed by atoms with Crippen LogP contribution in [0.1, 0.15) is 36.6 Å². The van der Waals surface area contributed by atoms with Gasteiger partial charge >= 0.3 is 6.18 Å². The molecule has 1 atom stereocenters. The Balaban J connectivity index is 1.33. The fourth-order valence-corrected chi connectivity index (χ4v) is 5.84. The second-order valence-corrected chi connectivity index (χ2v) is 10.7. The first-order chi connectivity index (χ1) is 18.6. The van der Waals surface area contributed by atoms with Crippen LogP contribution in [0.3, 0.4) is 0 Å². The summed E-state index contributed by atoms with van der Waals surface area (Å²) < 4.78 is 67.1. The fraction of sp³-hybridized carbons (Fsp3) is 0.464. The number of aromatic nitrogens is 2. The Hall–Kier alpha value is -2.85. The number of hydrogen-bond donors (Lipinski definition) is 0. The molecule has 0 bridgehead atoms. The summed E-state index contributed by atoms with van der Waals surface area (Å²) in [6.07, 6.45) is -3.67. The summed E-state index contributed by atoms with van der Waals surface area (Å²) in [6.45, 7) is 3.88. The quantitative estimate of drug-likeness (QED) is 0.301. The van der Waals surface area contributed by atoms with Crippen molar-refractivity contribution in [1.82, 2.24) is 14.7 Å². The first-order valence-electron chi connectivity index (χ1n) is 13.1. The van der Waals surface area contributed by atoms with Gasteiger partial charge in [0.15, 0.2) is 0 Å². The Morgan fingerprint density at radius 3 is 2.36 bits per heavy atom. The summed E-state index contributed by atoms with van der Waals surface area (Å²) >= 11 is 6.40. The van der Waals surface area contributed by atoms with E-state index in [0.717, 1.165) is 41.9 Å². The van der Waals surface area contributed by atoms with Crippen LogP contribution in [0.5, 0.6) is 0 Å². The van der Waals surface area contributed by atoms with Gasteiger partial charge in [0, 0.05) is 61.2 Å². The molecule has 2 saturated heterocycles. The van der Waals surface area contributed by atoms with Gasteiger partial charge in [0.25, 0.3) is 6.43 Å². The Kier molecular flexibility index (Phi) is 8.05. The maximum absolute atomic E-state index is 13.7. The molecule has 1 unspecified atom stereocenters. The number of benzene rings is 2. The van der Waals surface area contributed by atoms with Gasteiger partial charge in [-0.2, -0.15) is 18.3 Å². The van der Waals surface area contributed by atoms with E-state index in [4.69, 9.17) is 11.6 Å². The molecule has 39 heavy (non-hydrogen) atoms. The van der Waals surface area contributed by atoms with Crippen LogP contribution in [0, 0.1) is 6.92 Å². The lowest BCUT2D eigenvalue weighted by Crippen LogP contribution is -2.49. The molecule has 210 valence electrons. The summed E-state index contributed by atoms with van der Waals surface area (Å²) in [7, 11) is 0. The SMILES string of the molecule is Cc1cnn(C2CCCN(c3cc(Cl)ccc3-c3ccc(N4CCN(CC(F)(F)F)CC4)cc3)C2)c1C(F)F. The molecule has 11 heteroatoms. The number of rotatable bonds is 6. The summed E-state index contributed by atoms with van der Waals surface area (Å²) in [6, 6.07) is 13.5. The molecule has 3 heterocycles. The van der Waals surface area contributed by atoms with E-state index in [1.807, 2.05) is 42.5 Å². The van der Waals surface area contributed by atoms with Crippen molar-refractivity contribution in [2.45, 2.75) is 38.4 Å². The number of aryl methyl sites for hydroxylation is 1. The fourth-order valence-electron chi connectivity index (χ4n) is 5.67. The molecule has 3 aromatic rings. The van der Waals surface area contributed by atoms with E-state index in [0.29, 0.717) is 43.3 Å². The van der Waals surface area contributed by atoms with Crippen LogP contribution in [0.25, 0.3) is 11.1 Å². The third-order valence-corrected chi connectivity index (χ3v) is 7.83. The van der Waals surface area contributed by atoms with E-state index >= 15 is 0 Å². The van der Waals surface area contributed by atoms with E-state index in [9.17, 15) is 22.0 Å². The zero-order chi connectivity index (χ0) is 27.7. The molecule has 2 aliphatic rings. The molecule has 1 aromatic heterocycles. The first-order valence-corrected chi connectivity index (χ1v) is 13.5. The second kappa shape index (κ2) is 11.3. The van der Waals surface area contributed by atoms with E-state index in [2.05, 4.69) is 14.9 Å². The minimum Gasteiger partial charge on any atom is -0.369 e. The van der Waals surface area contributed by atoms with Gasteiger partial charge in [0.1, 0.15) is 5.69 Å². The molecule has 2 aliphatic heterocycles. The van der Waals surface area contributed by atoms with Crippen molar-refractivity contribution < 1.29 is 22.0 Å². The highest BCUT2D eigenvalue weighted by Gasteiger charge is 2.32. The van der Waals surface area contributed by atoms with Crippen molar-refractivity contribution >= 4 is 23.0 Å². The van der Waals surface area contributed by atoms with E-state index in [1.54, 1.807) is 6.92 Å². The lowest BCUT2D eigenvalue weighted by molar-refractivity contribution is -0.146. The van der Waals surface area contributed by atoms with Crippen LogP contribution in [-0.2, 0) is 0 Å². The molecule has 5 nitrogen and oxygen atoms in total. The Morgan fingerprint density at radius 2 is 1.69 bits per heavy atom. The Labute approximate surface area is 229 Å². The number of alkyl halides is 5. The lowest BCUT2D eigenvalue weighted by Gasteiger charge is -2.37. The summed E-state index contributed by atoms with van der Waals surface area (Å²) in [5, 5.41) is 4.87. The monoisotopic (exact) mass is 567 g/mol. The highest BCUT2D eigenvalue weighted by Crippen LogP contribution is 2.38. The molecule has 0 radical (unpaired) electrons. The van der Waals surface area contributed by atoms with Crippen molar-refractivity contribution in [2.24, 2.45) is 0 Å². The van der Waals surface area contributed by atoms with Gasteiger partial charge < -0.3 is 9.80 Å². The van der Waals surface area contributed by atoms with E-state index in [-0.39, 0.29) is 11.7 Å². The molecule has 2 fully saturated rings. The molecule has 5 rings (SSSR count). The number of hydrogen-bond acceptors (Lipinski definition) is 4. The smallest absolute Gasteiger partial charge is 0.369 e. The zero-order valence-corrected chi connectivity index (χ0v) is 22.4. The molecule has 0 N–H and O–H groups in total. The Bertz CT molecular complexity index is 1270. The third kappa shape index (κ3) is 6.32. The molecule has 0 spiro atoms. The van der Waals surface area contributed by atoms with Gasteiger partial charge in [-0.05, 0) is 55.2 Å². The molecular formula is C28H31ClF5N5. The van der Waals surface area contributed by atoms with Crippen molar-refractivity contribution in [3.8, 4) is 11.1 Å². The maximum Gasteiger partial charge on any atom is 0.401 e. The lowest BCUT2D eigenvalue weighted by atomic mass is 9.99. The standard InChI is InChI=1S/C28H31ClF5N5/c1-19-16-35-39(26(19)27(30)31)23-3-2-10-38(17-23)25-15-21(29)6-9-24(25)20-4-7-22(8-5-20)37-13-11-36(12-14-37)18-28(32,33)34/h4-9,15-16,23,27H,2-3,10-14,17-18H2,1H3. The summed E-state index contributed by atoms with van der Waals surface area (Å²) in [5.74, 6) is 0. The number of halogens is 6. The average molecular weight is 568 g/mol. The van der Waals surface area contributed by atoms with Gasteiger partial charge in [-0.1, -0.05) is 29.8 Å². The number of piperazine rings is 1. The maximum atomic E-state index is 13.7. The molecular weight excluding hydrogens is 537 g/mol. The summed E-state index contributed by atoms with van der Waals surface area (Å²) in [4.78, 5) is 5.72. The summed E-state index contributed by atoms with van der Waals surface area (Å²) in [5.41, 5.74) is 4.32. The second-order valence-electron chi connectivity index (χ2n) is 10.3. The minimum atomic E-state index is -4.18. The normalized spacial score (nSPS) is 19.2. The van der Waals surface area contributed by atoms with E-state index in [1.165, 1.54) is 15.8 Å². The zero-order valence-electron chi connectivity index (χ0n) is 21.6. The highest BCUT2D eigenvalue weighted by molar-refractivity contribution is 6.31. The molecule has 0 aliphatic carbocycles. The van der Waals surface area contributed by atoms with Crippen LogP contribution in [0.2, 0.25) is 5.02 Å². The van der Waals surface area contributed by atoms with Crippen LogP contribution >= 0.6 is 11.6 Å². The van der Waals surface area contributed by atoms with Gasteiger partial charge in [-0.25, -0.2) is 8.78 Å². The van der Waals surface area contributed by atoms with Crippen LogP contribution in [0.4, 0.5) is 33.3 Å². The largest absolute Gasteiger partial charge is 0.401 e. The van der Waals surface area contributed by atoms with Gasteiger partial charge in [-0.3, -0.25) is 9.58 Å². The minimum absolute atomic E-state index is 0.0250. The average Bonchev–Trinajstić information content (AvgIpc) is 3.30. The predicted octanol–water partition coefficient (Wildman–Crippen LogP) is 6.98.